The van der Waals surface area contributed by atoms with Gasteiger partial charge >= 0.3 is 0 Å². The van der Waals surface area contributed by atoms with E-state index in [1.54, 1.807) is 12.1 Å². The van der Waals surface area contributed by atoms with Crippen LogP contribution in [0.5, 0.6) is 0 Å². The molecule has 144 valence electrons. The molecule has 1 saturated carbocycles. The second kappa shape index (κ2) is 9.19. The van der Waals surface area contributed by atoms with E-state index in [-0.39, 0.29) is 36.0 Å². The van der Waals surface area contributed by atoms with Crippen molar-refractivity contribution in [2.75, 3.05) is 24.5 Å². The first-order valence-electron chi connectivity index (χ1n) is 9.14. The molecule has 2 fully saturated rings. The summed E-state index contributed by atoms with van der Waals surface area (Å²) >= 11 is 0. The summed E-state index contributed by atoms with van der Waals surface area (Å²) in [5, 5.41) is 14.5. The zero-order valence-electron chi connectivity index (χ0n) is 14.9. The molecule has 2 atom stereocenters. The molecular weight excluding hydrogens is 356 g/mol. The van der Waals surface area contributed by atoms with Gasteiger partial charge in [-0.05, 0) is 50.3 Å². The minimum atomic E-state index is -0.395. The first-order valence-corrected chi connectivity index (χ1v) is 9.14. The minimum Gasteiger partial charge on any atom is -0.366 e. The lowest BCUT2D eigenvalue weighted by Gasteiger charge is -2.31. The standard InChI is InChI=1S/C18H26N4O3.ClH/c19-12-14-5-1-2-6-15(14)20-18(23)13-7-8-16(17(11-13)22(24)25)21-9-3-4-10-21;/h7-8,11,14-15H,1-6,9-10,12,19H2,(H,20,23);1H. The highest BCUT2D eigenvalue weighted by Gasteiger charge is 2.27. The van der Waals surface area contributed by atoms with Gasteiger partial charge in [0.25, 0.3) is 11.6 Å². The third kappa shape index (κ3) is 4.45. The van der Waals surface area contributed by atoms with Gasteiger partial charge in [-0.1, -0.05) is 12.8 Å². The summed E-state index contributed by atoms with van der Waals surface area (Å²) in [5.74, 6) is 0.0398. The number of carbonyl (C=O) groups excluding carboxylic acids is 1. The molecule has 8 heteroatoms. The molecule has 2 aliphatic rings. The number of benzene rings is 1. The molecule has 1 amide bonds. The molecule has 1 saturated heterocycles. The number of nitrogens with two attached hydrogens (primary N) is 1. The summed E-state index contributed by atoms with van der Waals surface area (Å²) in [6.45, 7) is 2.21. The molecule has 1 aliphatic heterocycles. The number of nitrogens with one attached hydrogen (secondary N) is 1. The molecule has 2 unspecified atom stereocenters. The van der Waals surface area contributed by atoms with Gasteiger partial charge in [-0.2, -0.15) is 0 Å². The Labute approximate surface area is 159 Å². The van der Waals surface area contributed by atoms with Gasteiger partial charge in [-0.25, -0.2) is 0 Å². The average Bonchev–Trinajstić information content (AvgIpc) is 3.16. The molecule has 7 nitrogen and oxygen atoms in total. The van der Waals surface area contributed by atoms with Gasteiger partial charge in [0.05, 0.1) is 4.92 Å². The third-order valence-electron chi connectivity index (χ3n) is 5.41. The highest BCUT2D eigenvalue weighted by Crippen LogP contribution is 2.32. The number of nitrogens with zero attached hydrogens (tertiary/aromatic N) is 2. The lowest BCUT2D eigenvalue weighted by atomic mass is 9.84. The van der Waals surface area contributed by atoms with Crippen molar-refractivity contribution in [3.8, 4) is 0 Å². The second-order valence-electron chi connectivity index (χ2n) is 7.01. The Morgan fingerprint density at radius 1 is 1.23 bits per heavy atom. The van der Waals surface area contributed by atoms with E-state index in [1.807, 2.05) is 4.90 Å². The van der Waals surface area contributed by atoms with Crippen molar-refractivity contribution < 1.29 is 9.72 Å². The maximum atomic E-state index is 12.6. The lowest BCUT2D eigenvalue weighted by Crippen LogP contribution is -2.44. The zero-order valence-corrected chi connectivity index (χ0v) is 15.7. The van der Waals surface area contributed by atoms with E-state index in [4.69, 9.17) is 5.73 Å². The quantitative estimate of drug-likeness (QED) is 0.602. The van der Waals surface area contributed by atoms with Gasteiger partial charge in [-0.3, -0.25) is 14.9 Å². The smallest absolute Gasteiger partial charge is 0.293 e. The molecule has 1 aromatic carbocycles. The summed E-state index contributed by atoms with van der Waals surface area (Å²) in [5.41, 5.74) is 6.77. The van der Waals surface area contributed by atoms with Crippen LogP contribution in [0.2, 0.25) is 0 Å². The molecule has 1 aliphatic carbocycles. The average molecular weight is 383 g/mol. The van der Waals surface area contributed by atoms with Gasteiger partial charge in [0.2, 0.25) is 0 Å². The maximum absolute atomic E-state index is 12.6. The van der Waals surface area contributed by atoms with Crippen LogP contribution in [0.15, 0.2) is 18.2 Å². The number of hydrogen-bond donors (Lipinski definition) is 2. The Bertz CT molecular complexity index is 649. The van der Waals surface area contributed by atoms with Crippen LogP contribution in [-0.2, 0) is 0 Å². The predicted octanol–water partition coefficient (Wildman–Crippen LogP) is 2.86. The zero-order chi connectivity index (χ0) is 17.8. The van der Waals surface area contributed by atoms with Gasteiger partial charge in [0, 0.05) is 30.8 Å². The van der Waals surface area contributed by atoms with Gasteiger partial charge in [-0.15, -0.1) is 12.4 Å². The van der Waals surface area contributed by atoms with E-state index in [0.717, 1.165) is 51.6 Å². The number of nitro benzene ring substituents is 1. The van der Waals surface area contributed by atoms with Crippen LogP contribution in [-0.4, -0.2) is 36.5 Å². The number of anilines is 1. The molecule has 26 heavy (non-hydrogen) atoms. The van der Waals surface area contributed by atoms with Crippen molar-refractivity contribution in [1.82, 2.24) is 5.32 Å². The lowest BCUT2D eigenvalue weighted by molar-refractivity contribution is -0.384. The van der Waals surface area contributed by atoms with Crippen molar-refractivity contribution in [3.05, 3.63) is 33.9 Å². The van der Waals surface area contributed by atoms with Crippen LogP contribution < -0.4 is 16.0 Å². The summed E-state index contributed by atoms with van der Waals surface area (Å²) in [6, 6.07) is 4.86. The Morgan fingerprint density at radius 2 is 1.92 bits per heavy atom. The number of amides is 1. The van der Waals surface area contributed by atoms with Crippen molar-refractivity contribution in [2.45, 2.75) is 44.6 Å². The molecule has 0 spiro atoms. The molecule has 1 aromatic rings. The topological polar surface area (TPSA) is 102 Å². The van der Waals surface area contributed by atoms with Gasteiger partial charge in [0.15, 0.2) is 0 Å². The highest BCUT2D eigenvalue weighted by atomic mass is 35.5. The number of rotatable bonds is 5. The molecule has 0 bridgehead atoms. The highest BCUT2D eigenvalue weighted by molar-refractivity contribution is 5.96. The van der Waals surface area contributed by atoms with E-state index in [9.17, 15) is 14.9 Å². The van der Waals surface area contributed by atoms with Crippen molar-refractivity contribution in [3.63, 3.8) is 0 Å². The summed E-state index contributed by atoms with van der Waals surface area (Å²) < 4.78 is 0. The number of hydrogen-bond acceptors (Lipinski definition) is 5. The van der Waals surface area contributed by atoms with Crippen LogP contribution in [0.1, 0.15) is 48.9 Å². The Hall–Kier alpha value is -1.86. The monoisotopic (exact) mass is 382 g/mol. The molecule has 1 heterocycles. The van der Waals surface area contributed by atoms with Crippen molar-refractivity contribution in [1.29, 1.82) is 0 Å². The van der Waals surface area contributed by atoms with Crippen LogP contribution >= 0.6 is 12.4 Å². The van der Waals surface area contributed by atoms with Gasteiger partial charge < -0.3 is 16.0 Å². The van der Waals surface area contributed by atoms with E-state index < -0.39 is 4.92 Å². The van der Waals surface area contributed by atoms with Crippen molar-refractivity contribution in [2.24, 2.45) is 11.7 Å². The SMILES string of the molecule is Cl.NCC1CCCCC1NC(=O)c1ccc(N2CCCC2)c([N+](=O)[O-])c1. The van der Waals surface area contributed by atoms with Crippen LogP contribution in [0.3, 0.4) is 0 Å². The summed E-state index contributed by atoms with van der Waals surface area (Å²) in [7, 11) is 0. The minimum absolute atomic E-state index is 0. The number of carbonyl (C=O) groups is 1. The predicted molar refractivity (Wildman–Crippen MR) is 104 cm³/mol. The second-order valence-corrected chi connectivity index (χ2v) is 7.01. The normalized spacial score (nSPS) is 22.6. The Kier molecular flexibility index (Phi) is 7.23. The number of halogens is 1. The molecule has 0 aromatic heterocycles. The van der Waals surface area contributed by atoms with Crippen LogP contribution in [0.25, 0.3) is 0 Å². The maximum Gasteiger partial charge on any atom is 0.293 e. The van der Waals surface area contributed by atoms with E-state index in [2.05, 4.69) is 5.32 Å². The fraction of sp³-hybridized carbons (Fsp3) is 0.611. The summed E-state index contributed by atoms with van der Waals surface area (Å²) in [4.78, 5) is 25.7. The van der Waals surface area contributed by atoms with E-state index >= 15 is 0 Å². The van der Waals surface area contributed by atoms with E-state index in [1.165, 1.54) is 6.07 Å². The first-order chi connectivity index (χ1) is 12.1. The fourth-order valence-electron chi connectivity index (χ4n) is 3.97. The van der Waals surface area contributed by atoms with E-state index in [0.29, 0.717) is 17.8 Å². The fourth-order valence-corrected chi connectivity index (χ4v) is 3.97. The molecule has 3 rings (SSSR count). The molecular formula is C18H27ClN4O3. The largest absolute Gasteiger partial charge is 0.366 e. The first kappa shape index (κ1) is 20.5. The Morgan fingerprint density at radius 3 is 2.58 bits per heavy atom. The van der Waals surface area contributed by atoms with Crippen LogP contribution in [0.4, 0.5) is 11.4 Å². The van der Waals surface area contributed by atoms with Crippen LogP contribution in [0, 0.1) is 16.0 Å². The molecule has 3 N–H and O–H groups in total. The third-order valence-corrected chi connectivity index (χ3v) is 5.41. The number of nitro groups is 1. The Balaban J connectivity index is 0.00000243. The molecule has 0 radical (unpaired) electrons. The van der Waals surface area contributed by atoms with Crippen molar-refractivity contribution >= 4 is 29.7 Å². The van der Waals surface area contributed by atoms with Gasteiger partial charge in [0.1, 0.15) is 5.69 Å². The summed E-state index contributed by atoms with van der Waals surface area (Å²) in [6.07, 6.45) is 6.25.